The fraction of sp³-hybridized carbons (Fsp3) is 0.176. The van der Waals surface area contributed by atoms with E-state index in [4.69, 9.17) is 15.2 Å². The zero-order valence-corrected chi connectivity index (χ0v) is 11.8. The van der Waals surface area contributed by atoms with Crippen LogP contribution >= 0.6 is 0 Å². The molecule has 0 saturated heterocycles. The molecule has 0 unspecified atom stereocenters. The molecule has 0 fully saturated rings. The van der Waals surface area contributed by atoms with Crippen molar-refractivity contribution in [2.45, 2.75) is 20.0 Å². The smallest absolute Gasteiger partial charge is 0.131 e. The lowest BCUT2D eigenvalue weighted by molar-refractivity contribution is 0.241. The molecule has 0 aromatic heterocycles. The highest BCUT2D eigenvalue weighted by Crippen LogP contribution is 2.29. The molecule has 3 nitrogen and oxygen atoms in total. The minimum absolute atomic E-state index is 0.0841. The van der Waals surface area contributed by atoms with Gasteiger partial charge in [0.05, 0.1) is 6.10 Å². The molecule has 0 saturated carbocycles. The molecule has 2 N–H and O–H groups in total. The summed E-state index contributed by atoms with van der Waals surface area (Å²) in [6, 6.07) is 15.1. The van der Waals surface area contributed by atoms with E-state index >= 15 is 0 Å². The maximum absolute atomic E-state index is 5.81. The average molecular weight is 269 g/mol. The van der Waals surface area contributed by atoms with Crippen LogP contribution < -0.4 is 15.2 Å². The van der Waals surface area contributed by atoms with Crippen molar-refractivity contribution in [2.24, 2.45) is 5.73 Å². The molecule has 0 aliphatic rings. The molecule has 0 aliphatic heterocycles. The third kappa shape index (κ3) is 3.79. The minimum Gasteiger partial charge on any atom is -0.491 e. The maximum atomic E-state index is 5.81. The number of rotatable bonds is 5. The predicted molar refractivity (Wildman–Crippen MR) is 81.9 cm³/mol. The molecule has 0 amide bonds. The highest BCUT2D eigenvalue weighted by molar-refractivity contribution is 5.64. The Labute approximate surface area is 119 Å². The lowest BCUT2D eigenvalue weighted by Gasteiger charge is -2.14. The SMILES string of the molecule is C=C(N)c1cc(Oc2ccccc2)cc(OC(C)C)c1. The van der Waals surface area contributed by atoms with E-state index in [1.165, 1.54) is 0 Å². The molecule has 0 atom stereocenters. The zero-order valence-electron chi connectivity index (χ0n) is 11.8. The summed E-state index contributed by atoms with van der Waals surface area (Å²) < 4.78 is 11.5. The minimum atomic E-state index is 0.0841. The van der Waals surface area contributed by atoms with E-state index in [1.807, 2.05) is 62.4 Å². The lowest BCUT2D eigenvalue weighted by atomic mass is 10.1. The molecule has 0 bridgehead atoms. The Kier molecular flexibility index (Phi) is 4.31. The third-order valence-corrected chi connectivity index (χ3v) is 2.60. The number of hydrogen-bond acceptors (Lipinski definition) is 3. The van der Waals surface area contributed by atoms with Crippen LogP contribution in [0.5, 0.6) is 17.2 Å². The second kappa shape index (κ2) is 6.15. The van der Waals surface area contributed by atoms with Crippen LogP contribution in [0.2, 0.25) is 0 Å². The van der Waals surface area contributed by atoms with Gasteiger partial charge in [-0.25, -0.2) is 0 Å². The van der Waals surface area contributed by atoms with Gasteiger partial charge in [0.15, 0.2) is 0 Å². The summed E-state index contributed by atoms with van der Waals surface area (Å²) in [6.07, 6.45) is 0.0841. The Morgan fingerprint density at radius 2 is 1.65 bits per heavy atom. The Morgan fingerprint density at radius 3 is 2.25 bits per heavy atom. The van der Waals surface area contributed by atoms with Crippen LogP contribution in [0.4, 0.5) is 0 Å². The first kappa shape index (κ1) is 14.0. The number of hydrogen-bond donors (Lipinski definition) is 1. The van der Waals surface area contributed by atoms with Gasteiger partial charge < -0.3 is 15.2 Å². The number of ether oxygens (including phenoxy) is 2. The van der Waals surface area contributed by atoms with E-state index in [1.54, 1.807) is 0 Å². The lowest BCUT2D eigenvalue weighted by Crippen LogP contribution is -2.06. The van der Waals surface area contributed by atoms with Crippen molar-refractivity contribution in [3.8, 4) is 17.2 Å². The average Bonchev–Trinajstić information content (AvgIpc) is 2.38. The Balaban J connectivity index is 2.31. The Morgan fingerprint density at radius 1 is 1.00 bits per heavy atom. The van der Waals surface area contributed by atoms with E-state index in [-0.39, 0.29) is 6.10 Å². The van der Waals surface area contributed by atoms with Crippen LogP contribution in [-0.4, -0.2) is 6.10 Å². The highest BCUT2D eigenvalue weighted by Gasteiger charge is 2.06. The fourth-order valence-corrected chi connectivity index (χ4v) is 1.78. The van der Waals surface area contributed by atoms with Gasteiger partial charge in [0.25, 0.3) is 0 Å². The van der Waals surface area contributed by atoms with Gasteiger partial charge >= 0.3 is 0 Å². The normalized spacial score (nSPS) is 10.3. The van der Waals surface area contributed by atoms with Gasteiger partial charge in [-0.1, -0.05) is 24.8 Å². The summed E-state index contributed by atoms with van der Waals surface area (Å²) in [6.45, 7) is 7.71. The van der Waals surface area contributed by atoms with Crippen LogP contribution in [-0.2, 0) is 0 Å². The Bertz CT molecular complexity index is 591. The zero-order chi connectivity index (χ0) is 14.5. The molecule has 104 valence electrons. The summed E-state index contributed by atoms with van der Waals surface area (Å²) >= 11 is 0. The summed E-state index contributed by atoms with van der Waals surface area (Å²) in [7, 11) is 0. The van der Waals surface area contributed by atoms with Gasteiger partial charge in [-0.3, -0.25) is 0 Å². The van der Waals surface area contributed by atoms with Gasteiger partial charge in [-0.2, -0.15) is 0 Å². The molecule has 0 spiro atoms. The molecule has 0 heterocycles. The van der Waals surface area contributed by atoms with Crippen molar-refractivity contribution in [1.29, 1.82) is 0 Å². The molecule has 20 heavy (non-hydrogen) atoms. The largest absolute Gasteiger partial charge is 0.491 e. The van der Waals surface area contributed by atoms with Crippen LogP contribution in [0.25, 0.3) is 5.70 Å². The quantitative estimate of drug-likeness (QED) is 0.885. The first-order chi connectivity index (χ1) is 9.54. The number of benzene rings is 2. The topological polar surface area (TPSA) is 44.5 Å². The molecule has 3 heteroatoms. The van der Waals surface area contributed by atoms with Crippen molar-refractivity contribution in [3.05, 3.63) is 60.7 Å². The van der Waals surface area contributed by atoms with Crippen LogP contribution in [0, 0.1) is 0 Å². The number of para-hydroxylation sites is 1. The van der Waals surface area contributed by atoms with Crippen LogP contribution in [0.3, 0.4) is 0 Å². The second-order valence-electron chi connectivity index (χ2n) is 4.80. The van der Waals surface area contributed by atoms with Gasteiger partial charge in [-0.05, 0) is 38.1 Å². The summed E-state index contributed by atoms with van der Waals surface area (Å²) in [5, 5.41) is 0. The van der Waals surface area contributed by atoms with E-state index < -0.39 is 0 Å². The molecule has 2 aromatic carbocycles. The first-order valence-electron chi connectivity index (χ1n) is 6.54. The molecule has 0 radical (unpaired) electrons. The molecule has 2 aromatic rings. The number of nitrogens with two attached hydrogens (primary N) is 1. The van der Waals surface area contributed by atoms with E-state index in [0.717, 1.165) is 17.1 Å². The van der Waals surface area contributed by atoms with E-state index in [9.17, 15) is 0 Å². The summed E-state index contributed by atoms with van der Waals surface area (Å²) in [5.74, 6) is 2.16. The van der Waals surface area contributed by atoms with E-state index in [2.05, 4.69) is 6.58 Å². The van der Waals surface area contributed by atoms with Crippen molar-refractivity contribution in [1.82, 2.24) is 0 Å². The molecule has 0 aliphatic carbocycles. The van der Waals surface area contributed by atoms with Crippen LogP contribution in [0.1, 0.15) is 19.4 Å². The summed E-state index contributed by atoms with van der Waals surface area (Å²) in [4.78, 5) is 0. The van der Waals surface area contributed by atoms with Crippen molar-refractivity contribution in [2.75, 3.05) is 0 Å². The van der Waals surface area contributed by atoms with Gasteiger partial charge in [-0.15, -0.1) is 0 Å². The highest BCUT2D eigenvalue weighted by atomic mass is 16.5. The van der Waals surface area contributed by atoms with E-state index in [0.29, 0.717) is 11.4 Å². The molecular weight excluding hydrogens is 250 g/mol. The summed E-state index contributed by atoms with van der Waals surface area (Å²) in [5.41, 5.74) is 7.05. The van der Waals surface area contributed by atoms with Crippen LogP contribution in [0.15, 0.2) is 55.1 Å². The van der Waals surface area contributed by atoms with Gasteiger partial charge in [0.1, 0.15) is 17.2 Å². The second-order valence-corrected chi connectivity index (χ2v) is 4.80. The van der Waals surface area contributed by atoms with Gasteiger partial charge in [0, 0.05) is 17.3 Å². The van der Waals surface area contributed by atoms with Crippen molar-refractivity contribution >= 4 is 5.70 Å². The predicted octanol–water partition coefficient (Wildman–Crippen LogP) is 4.20. The monoisotopic (exact) mass is 269 g/mol. The maximum Gasteiger partial charge on any atom is 0.131 e. The third-order valence-electron chi connectivity index (χ3n) is 2.60. The van der Waals surface area contributed by atoms with Crippen molar-refractivity contribution in [3.63, 3.8) is 0 Å². The standard InChI is InChI=1S/C17H19NO2/c1-12(2)19-16-9-14(13(3)18)10-17(11-16)20-15-7-5-4-6-8-15/h4-12H,3,18H2,1-2H3. The van der Waals surface area contributed by atoms with Crippen molar-refractivity contribution < 1.29 is 9.47 Å². The molecular formula is C17H19NO2. The Hall–Kier alpha value is -2.42. The first-order valence-corrected chi connectivity index (χ1v) is 6.54. The van der Waals surface area contributed by atoms with Gasteiger partial charge in [0.2, 0.25) is 0 Å². The fourth-order valence-electron chi connectivity index (χ4n) is 1.78. The molecule has 2 rings (SSSR count).